The highest BCUT2D eigenvalue weighted by atomic mass is 32.2. The number of hydrogen-bond donors (Lipinski definition) is 1. The molecule has 0 fully saturated rings. The number of nitriles is 2. The Labute approximate surface area is 64.3 Å². The zero-order chi connectivity index (χ0) is 7.98. The Morgan fingerprint density at radius 3 is 2.00 bits per heavy atom. The van der Waals surface area contributed by atoms with Gasteiger partial charge >= 0.3 is 0 Å². The van der Waals surface area contributed by atoms with Gasteiger partial charge in [-0.25, -0.2) is 0 Å². The molecule has 3 nitrogen and oxygen atoms in total. The summed E-state index contributed by atoms with van der Waals surface area (Å²) in [5, 5.41) is 20.1. The summed E-state index contributed by atoms with van der Waals surface area (Å²) >= 11 is 1.35. The van der Waals surface area contributed by atoms with E-state index in [0.717, 1.165) is 0 Å². The van der Waals surface area contributed by atoms with E-state index in [1.165, 1.54) is 11.8 Å². The molecule has 0 aliphatic rings. The molecule has 0 aromatic heterocycles. The number of rotatable bonds is 2. The molecule has 0 saturated carbocycles. The summed E-state index contributed by atoms with van der Waals surface area (Å²) in [5.74, 6) is 0. The molecule has 0 saturated heterocycles. The average Bonchev–Trinajstić information content (AvgIpc) is 2.00. The minimum Gasteiger partial charge on any atom is -0.381 e. The van der Waals surface area contributed by atoms with Crippen molar-refractivity contribution in [3.63, 3.8) is 0 Å². The van der Waals surface area contributed by atoms with Crippen molar-refractivity contribution in [2.75, 3.05) is 13.3 Å². The summed E-state index contributed by atoms with van der Waals surface area (Å²) in [6.07, 6.45) is 1.81. The van der Waals surface area contributed by atoms with E-state index in [-0.39, 0.29) is 5.57 Å². The van der Waals surface area contributed by atoms with Gasteiger partial charge in [0.05, 0.1) is 5.03 Å². The molecule has 0 atom stereocenters. The van der Waals surface area contributed by atoms with E-state index >= 15 is 0 Å². The fraction of sp³-hybridized carbons (Fsp3) is 0.333. The summed E-state index contributed by atoms with van der Waals surface area (Å²) in [7, 11) is 1.68. The fourth-order valence-electron chi connectivity index (χ4n) is 0.456. The van der Waals surface area contributed by atoms with Crippen LogP contribution < -0.4 is 5.32 Å². The van der Waals surface area contributed by atoms with Gasteiger partial charge in [0.25, 0.3) is 0 Å². The molecule has 0 aliphatic carbocycles. The van der Waals surface area contributed by atoms with E-state index in [2.05, 4.69) is 5.32 Å². The van der Waals surface area contributed by atoms with Crippen LogP contribution in [0.4, 0.5) is 0 Å². The van der Waals surface area contributed by atoms with Crippen LogP contribution >= 0.6 is 11.8 Å². The van der Waals surface area contributed by atoms with Crippen LogP contribution in [0.3, 0.4) is 0 Å². The van der Waals surface area contributed by atoms with Crippen molar-refractivity contribution >= 4 is 11.8 Å². The molecule has 0 aromatic carbocycles. The molecular formula is C6H7N3S. The molecule has 10 heavy (non-hydrogen) atoms. The van der Waals surface area contributed by atoms with Gasteiger partial charge in [-0.05, 0) is 6.26 Å². The standard InChI is InChI=1S/C6H7N3S/c1-9-6(10-2)5(3-7)4-8/h9H,1-2H3. The Morgan fingerprint density at radius 2 is 1.90 bits per heavy atom. The third kappa shape index (κ3) is 2.00. The van der Waals surface area contributed by atoms with Gasteiger partial charge < -0.3 is 5.32 Å². The van der Waals surface area contributed by atoms with Gasteiger partial charge in [-0.2, -0.15) is 10.5 Å². The second-order valence-electron chi connectivity index (χ2n) is 1.38. The molecule has 0 radical (unpaired) electrons. The minimum absolute atomic E-state index is 0.134. The molecule has 52 valence electrons. The molecule has 0 amide bonds. The lowest BCUT2D eigenvalue weighted by molar-refractivity contribution is 1.07. The quantitative estimate of drug-likeness (QED) is 0.597. The van der Waals surface area contributed by atoms with Crippen molar-refractivity contribution in [3.05, 3.63) is 10.6 Å². The predicted molar refractivity (Wildman–Crippen MR) is 40.8 cm³/mol. The van der Waals surface area contributed by atoms with Crippen molar-refractivity contribution in [1.29, 1.82) is 10.5 Å². The SMILES string of the molecule is CNC(SC)=C(C#N)C#N. The third-order valence-electron chi connectivity index (χ3n) is 0.882. The minimum atomic E-state index is 0.134. The first kappa shape index (κ1) is 8.87. The largest absolute Gasteiger partial charge is 0.381 e. The number of hydrogen-bond acceptors (Lipinski definition) is 4. The van der Waals surface area contributed by atoms with E-state index < -0.39 is 0 Å². The highest BCUT2D eigenvalue weighted by Crippen LogP contribution is 2.11. The topological polar surface area (TPSA) is 59.6 Å². The van der Waals surface area contributed by atoms with Crippen molar-refractivity contribution in [2.45, 2.75) is 0 Å². The first-order valence-corrected chi connectivity index (χ1v) is 3.78. The van der Waals surface area contributed by atoms with Crippen LogP contribution in [0.5, 0.6) is 0 Å². The first-order valence-electron chi connectivity index (χ1n) is 2.56. The van der Waals surface area contributed by atoms with E-state index in [0.29, 0.717) is 5.03 Å². The zero-order valence-electron chi connectivity index (χ0n) is 5.80. The molecular weight excluding hydrogens is 146 g/mol. The number of thioether (sulfide) groups is 1. The van der Waals surface area contributed by atoms with Gasteiger partial charge in [0.1, 0.15) is 12.1 Å². The maximum Gasteiger partial charge on any atom is 0.159 e. The van der Waals surface area contributed by atoms with Crippen LogP contribution in [0.2, 0.25) is 0 Å². The van der Waals surface area contributed by atoms with Crippen LogP contribution in [-0.2, 0) is 0 Å². The van der Waals surface area contributed by atoms with E-state index in [9.17, 15) is 0 Å². The Bertz CT molecular complexity index is 196. The Morgan fingerprint density at radius 1 is 1.40 bits per heavy atom. The number of allylic oxidation sites excluding steroid dienone is 1. The lowest BCUT2D eigenvalue weighted by atomic mass is 10.4. The van der Waals surface area contributed by atoms with E-state index in [1.54, 1.807) is 25.4 Å². The Balaban J connectivity index is 4.62. The van der Waals surface area contributed by atoms with Crippen LogP contribution in [0.25, 0.3) is 0 Å². The summed E-state index contributed by atoms with van der Waals surface area (Å²) in [4.78, 5) is 0. The highest BCUT2D eigenvalue weighted by molar-refractivity contribution is 8.02. The molecule has 0 aliphatic heterocycles. The monoisotopic (exact) mass is 153 g/mol. The fourth-order valence-corrected chi connectivity index (χ4v) is 0.955. The molecule has 0 bridgehead atoms. The maximum atomic E-state index is 8.37. The predicted octanol–water partition coefficient (Wildman–Crippen LogP) is 0.828. The van der Waals surface area contributed by atoms with Gasteiger partial charge in [0.2, 0.25) is 0 Å². The van der Waals surface area contributed by atoms with Crippen molar-refractivity contribution in [3.8, 4) is 12.1 Å². The second kappa shape index (κ2) is 4.72. The summed E-state index contributed by atoms with van der Waals surface area (Å²) in [6, 6.07) is 3.58. The molecule has 4 heteroatoms. The molecule has 1 N–H and O–H groups in total. The maximum absolute atomic E-state index is 8.37. The number of nitrogens with one attached hydrogen (secondary N) is 1. The van der Waals surface area contributed by atoms with E-state index in [1.807, 2.05) is 0 Å². The normalized spacial score (nSPS) is 7.20. The van der Waals surface area contributed by atoms with E-state index in [4.69, 9.17) is 10.5 Å². The van der Waals surface area contributed by atoms with Gasteiger partial charge in [0.15, 0.2) is 5.57 Å². The van der Waals surface area contributed by atoms with Crippen LogP contribution in [0.15, 0.2) is 10.6 Å². The molecule has 0 unspecified atom stereocenters. The van der Waals surface area contributed by atoms with Gasteiger partial charge in [0, 0.05) is 7.05 Å². The summed E-state index contributed by atoms with van der Waals surface area (Å²) in [5.41, 5.74) is 0.134. The lowest BCUT2D eigenvalue weighted by Crippen LogP contribution is -2.04. The third-order valence-corrected chi connectivity index (χ3v) is 1.70. The highest BCUT2D eigenvalue weighted by Gasteiger charge is 2.00. The Kier molecular flexibility index (Phi) is 4.19. The molecule has 0 spiro atoms. The lowest BCUT2D eigenvalue weighted by Gasteiger charge is -1.99. The van der Waals surface area contributed by atoms with Gasteiger partial charge in [-0.3, -0.25) is 0 Å². The first-order chi connectivity index (χ1) is 4.79. The summed E-state index contributed by atoms with van der Waals surface area (Å²) in [6.45, 7) is 0. The molecule has 0 rings (SSSR count). The van der Waals surface area contributed by atoms with Crippen LogP contribution in [0.1, 0.15) is 0 Å². The van der Waals surface area contributed by atoms with Gasteiger partial charge in [-0.15, -0.1) is 11.8 Å². The second-order valence-corrected chi connectivity index (χ2v) is 2.20. The van der Waals surface area contributed by atoms with Crippen molar-refractivity contribution in [1.82, 2.24) is 5.32 Å². The van der Waals surface area contributed by atoms with Crippen molar-refractivity contribution in [2.24, 2.45) is 0 Å². The van der Waals surface area contributed by atoms with Crippen LogP contribution in [0, 0.1) is 22.7 Å². The molecule has 0 aromatic rings. The average molecular weight is 153 g/mol. The molecule has 0 heterocycles. The zero-order valence-corrected chi connectivity index (χ0v) is 6.62. The number of nitrogens with zero attached hydrogens (tertiary/aromatic N) is 2. The smallest absolute Gasteiger partial charge is 0.159 e. The van der Waals surface area contributed by atoms with Crippen LogP contribution in [-0.4, -0.2) is 13.3 Å². The van der Waals surface area contributed by atoms with Crippen molar-refractivity contribution < 1.29 is 0 Å². The van der Waals surface area contributed by atoms with Gasteiger partial charge in [-0.1, -0.05) is 0 Å². The summed E-state index contributed by atoms with van der Waals surface area (Å²) < 4.78 is 0. The Hall–Kier alpha value is -1.13.